The quantitative estimate of drug-likeness (QED) is 0.484. The van der Waals surface area contributed by atoms with Crippen molar-refractivity contribution in [2.75, 3.05) is 18.8 Å². The molecule has 0 saturated heterocycles. The third-order valence-corrected chi connectivity index (χ3v) is 7.71. The van der Waals surface area contributed by atoms with Crippen LogP contribution >= 0.6 is 0 Å². The van der Waals surface area contributed by atoms with Crippen molar-refractivity contribution in [3.8, 4) is 0 Å². The highest BCUT2D eigenvalue weighted by molar-refractivity contribution is 7.92. The SMILES string of the molecule is CN(C)S(=O)(=O)c1cccc(COC(=O)c2cccc(S(=O)(=O)Nc3ccc(F)cc3)c2)c1. The molecule has 8 nitrogen and oxygen atoms in total. The van der Waals surface area contributed by atoms with Gasteiger partial charge in [0.05, 0.1) is 15.4 Å². The number of nitrogens with zero attached hydrogens (tertiary/aromatic N) is 1. The highest BCUT2D eigenvalue weighted by Gasteiger charge is 2.19. The van der Waals surface area contributed by atoms with Crippen molar-refractivity contribution in [1.82, 2.24) is 4.31 Å². The van der Waals surface area contributed by atoms with Crippen LogP contribution in [0.3, 0.4) is 0 Å². The minimum Gasteiger partial charge on any atom is -0.457 e. The molecule has 0 spiro atoms. The van der Waals surface area contributed by atoms with E-state index in [9.17, 15) is 26.0 Å². The second kappa shape index (κ2) is 9.69. The van der Waals surface area contributed by atoms with Crippen LogP contribution < -0.4 is 4.72 Å². The molecule has 0 fully saturated rings. The first-order chi connectivity index (χ1) is 15.5. The Morgan fingerprint density at radius 1 is 0.909 bits per heavy atom. The maximum Gasteiger partial charge on any atom is 0.338 e. The molecular formula is C22H21FN2O6S2. The van der Waals surface area contributed by atoms with Gasteiger partial charge in [0, 0.05) is 19.8 Å². The zero-order valence-electron chi connectivity index (χ0n) is 17.7. The summed E-state index contributed by atoms with van der Waals surface area (Å²) in [7, 11) is -4.85. The van der Waals surface area contributed by atoms with Gasteiger partial charge in [-0.3, -0.25) is 4.72 Å². The van der Waals surface area contributed by atoms with E-state index in [1.54, 1.807) is 6.07 Å². The molecular weight excluding hydrogens is 471 g/mol. The number of ether oxygens (including phenoxy) is 1. The van der Waals surface area contributed by atoms with Crippen LogP contribution in [0.1, 0.15) is 15.9 Å². The van der Waals surface area contributed by atoms with E-state index in [1.807, 2.05) is 0 Å². The van der Waals surface area contributed by atoms with Gasteiger partial charge in [0.15, 0.2) is 0 Å². The van der Waals surface area contributed by atoms with Crippen LogP contribution in [0.25, 0.3) is 0 Å². The first-order valence-electron chi connectivity index (χ1n) is 9.56. The minimum absolute atomic E-state index is 0.00551. The lowest BCUT2D eigenvalue weighted by Gasteiger charge is -2.12. The van der Waals surface area contributed by atoms with Crippen LogP contribution in [0.15, 0.2) is 82.6 Å². The number of nitrogens with one attached hydrogen (secondary N) is 1. The second-order valence-corrected chi connectivity index (χ2v) is 11.0. The largest absolute Gasteiger partial charge is 0.457 e. The van der Waals surface area contributed by atoms with Gasteiger partial charge < -0.3 is 4.74 Å². The van der Waals surface area contributed by atoms with E-state index in [-0.39, 0.29) is 27.6 Å². The van der Waals surface area contributed by atoms with Crippen LogP contribution in [-0.4, -0.2) is 41.2 Å². The Morgan fingerprint density at radius 3 is 2.21 bits per heavy atom. The van der Waals surface area contributed by atoms with Gasteiger partial charge >= 0.3 is 5.97 Å². The highest BCUT2D eigenvalue weighted by atomic mass is 32.2. The van der Waals surface area contributed by atoms with E-state index in [2.05, 4.69) is 4.72 Å². The Bertz CT molecular complexity index is 1370. The van der Waals surface area contributed by atoms with Gasteiger partial charge in [0.1, 0.15) is 12.4 Å². The van der Waals surface area contributed by atoms with E-state index in [4.69, 9.17) is 4.74 Å². The molecule has 33 heavy (non-hydrogen) atoms. The topological polar surface area (TPSA) is 110 Å². The number of benzene rings is 3. The summed E-state index contributed by atoms with van der Waals surface area (Å²) < 4.78 is 71.4. The number of rotatable bonds is 8. The Hall–Kier alpha value is -3.28. The molecule has 0 aliphatic rings. The smallest absolute Gasteiger partial charge is 0.338 e. The standard InChI is InChI=1S/C22H21FN2O6S2/c1-25(2)33(29,30)21-8-3-5-16(13-21)15-31-22(26)17-6-4-7-20(14-17)32(27,28)24-19-11-9-18(23)10-12-19/h3-14,24H,15H2,1-2H3. The molecule has 0 unspecified atom stereocenters. The monoisotopic (exact) mass is 492 g/mol. The number of esters is 1. The van der Waals surface area contributed by atoms with E-state index >= 15 is 0 Å². The van der Waals surface area contributed by atoms with Crippen molar-refractivity contribution < 1.29 is 30.8 Å². The molecule has 0 radical (unpaired) electrons. The third kappa shape index (κ3) is 5.95. The molecule has 0 atom stereocenters. The Labute approximate surface area is 191 Å². The van der Waals surface area contributed by atoms with Gasteiger partial charge in [0.2, 0.25) is 10.0 Å². The molecule has 0 saturated carbocycles. The van der Waals surface area contributed by atoms with Crippen molar-refractivity contribution in [1.29, 1.82) is 0 Å². The number of anilines is 1. The van der Waals surface area contributed by atoms with Crippen molar-refractivity contribution >= 4 is 31.7 Å². The van der Waals surface area contributed by atoms with E-state index < -0.39 is 31.8 Å². The average molecular weight is 493 g/mol. The summed E-state index contributed by atoms with van der Waals surface area (Å²) in [6.07, 6.45) is 0. The predicted molar refractivity (Wildman–Crippen MR) is 120 cm³/mol. The molecule has 0 heterocycles. The first-order valence-corrected chi connectivity index (χ1v) is 12.5. The van der Waals surface area contributed by atoms with Gasteiger partial charge in [-0.15, -0.1) is 0 Å². The summed E-state index contributed by atoms with van der Waals surface area (Å²) in [6.45, 7) is -0.208. The summed E-state index contributed by atoms with van der Waals surface area (Å²) in [6, 6.07) is 16.0. The predicted octanol–water partition coefficient (Wildman–Crippen LogP) is 3.23. The summed E-state index contributed by atoms with van der Waals surface area (Å²) in [5, 5.41) is 0. The van der Waals surface area contributed by atoms with Crippen molar-refractivity contribution in [3.05, 3.63) is 89.7 Å². The number of hydrogen-bond donors (Lipinski definition) is 1. The van der Waals surface area contributed by atoms with Crippen LogP contribution in [0, 0.1) is 5.82 Å². The van der Waals surface area contributed by atoms with Crippen LogP contribution in [0.4, 0.5) is 10.1 Å². The minimum atomic E-state index is -4.03. The molecule has 3 aromatic rings. The molecule has 1 N–H and O–H groups in total. The summed E-state index contributed by atoms with van der Waals surface area (Å²) in [4.78, 5) is 12.4. The summed E-state index contributed by atoms with van der Waals surface area (Å²) in [5.74, 6) is -1.29. The van der Waals surface area contributed by atoms with Crippen molar-refractivity contribution in [2.45, 2.75) is 16.4 Å². The Morgan fingerprint density at radius 2 is 1.55 bits per heavy atom. The molecule has 0 bridgehead atoms. The van der Waals surface area contributed by atoms with Gasteiger partial charge in [-0.25, -0.2) is 30.3 Å². The number of carbonyl (C=O) groups is 1. The average Bonchev–Trinajstić information content (AvgIpc) is 2.79. The van der Waals surface area contributed by atoms with E-state index in [0.29, 0.717) is 5.56 Å². The molecule has 0 aromatic heterocycles. The number of carbonyl (C=O) groups excluding carboxylic acids is 1. The lowest BCUT2D eigenvalue weighted by atomic mass is 10.2. The van der Waals surface area contributed by atoms with Crippen LogP contribution in [-0.2, 0) is 31.4 Å². The number of sulfonamides is 2. The summed E-state index contributed by atoms with van der Waals surface area (Å²) >= 11 is 0. The van der Waals surface area contributed by atoms with E-state index in [0.717, 1.165) is 22.5 Å². The molecule has 0 amide bonds. The molecule has 11 heteroatoms. The van der Waals surface area contributed by atoms with Crippen LogP contribution in [0.5, 0.6) is 0 Å². The van der Waals surface area contributed by atoms with Gasteiger partial charge in [-0.2, -0.15) is 0 Å². The molecule has 3 rings (SSSR count). The fraction of sp³-hybridized carbons (Fsp3) is 0.136. The Kier molecular flexibility index (Phi) is 7.15. The fourth-order valence-electron chi connectivity index (χ4n) is 2.76. The lowest BCUT2D eigenvalue weighted by molar-refractivity contribution is 0.0472. The van der Waals surface area contributed by atoms with E-state index in [1.165, 1.54) is 62.6 Å². The summed E-state index contributed by atoms with van der Waals surface area (Å²) in [5.41, 5.74) is 0.610. The highest BCUT2D eigenvalue weighted by Crippen LogP contribution is 2.19. The van der Waals surface area contributed by atoms with Gasteiger partial charge in [-0.1, -0.05) is 18.2 Å². The number of halogens is 1. The van der Waals surface area contributed by atoms with Gasteiger partial charge in [-0.05, 0) is 60.2 Å². The number of hydrogen-bond acceptors (Lipinski definition) is 6. The second-order valence-electron chi connectivity index (χ2n) is 7.15. The maximum atomic E-state index is 13.0. The normalized spacial score (nSPS) is 11.9. The van der Waals surface area contributed by atoms with Crippen LogP contribution in [0.2, 0.25) is 0 Å². The molecule has 174 valence electrons. The van der Waals surface area contributed by atoms with Crippen molar-refractivity contribution in [3.63, 3.8) is 0 Å². The zero-order chi connectivity index (χ0) is 24.2. The molecule has 0 aliphatic heterocycles. The Balaban J connectivity index is 1.73. The first kappa shape index (κ1) is 24.4. The molecule has 3 aromatic carbocycles. The fourth-order valence-corrected chi connectivity index (χ4v) is 4.84. The molecule has 0 aliphatic carbocycles. The third-order valence-electron chi connectivity index (χ3n) is 4.52. The zero-order valence-corrected chi connectivity index (χ0v) is 19.4. The van der Waals surface area contributed by atoms with Gasteiger partial charge in [0.25, 0.3) is 10.0 Å². The lowest BCUT2D eigenvalue weighted by Crippen LogP contribution is -2.22. The van der Waals surface area contributed by atoms with Crippen molar-refractivity contribution in [2.24, 2.45) is 0 Å². The maximum absolute atomic E-state index is 13.0.